The van der Waals surface area contributed by atoms with Crippen molar-refractivity contribution in [2.24, 2.45) is 23.7 Å². The van der Waals surface area contributed by atoms with Gasteiger partial charge in [-0.05, 0) is 39.5 Å². The molecule has 2 aliphatic heterocycles. The molecule has 2 N–H and O–H groups in total. The number of nitrogens with zero attached hydrogens (tertiary/aromatic N) is 2. The highest BCUT2D eigenvalue weighted by molar-refractivity contribution is 6.36. The monoisotopic (exact) mass is 414 g/mol. The van der Waals surface area contributed by atoms with Crippen LogP contribution in [0.25, 0.3) is 0 Å². The van der Waals surface area contributed by atoms with Gasteiger partial charge >= 0.3 is 11.8 Å². The van der Waals surface area contributed by atoms with E-state index < -0.39 is 59.1 Å². The lowest BCUT2D eigenvalue weighted by Gasteiger charge is -2.19. The second-order valence-corrected chi connectivity index (χ2v) is 8.31. The van der Waals surface area contributed by atoms with Gasteiger partial charge in [0.05, 0.1) is 23.7 Å². The molecule has 10 nitrogen and oxygen atoms in total. The van der Waals surface area contributed by atoms with E-state index in [1.54, 1.807) is 0 Å². The third-order valence-electron chi connectivity index (χ3n) is 6.28. The third kappa shape index (κ3) is 3.12. The highest BCUT2D eigenvalue weighted by Gasteiger charge is 2.51. The number of hydrogen-bond donors (Lipinski definition) is 2. The first-order valence-electron chi connectivity index (χ1n) is 9.87. The lowest BCUT2D eigenvalue weighted by Crippen LogP contribution is -2.56. The molecule has 0 bridgehead atoms. The predicted octanol–water partition coefficient (Wildman–Crippen LogP) is -0.269. The molecule has 0 radical (unpaired) electrons. The van der Waals surface area contributed by atoms with Crippen LogP contribution in [0.2, 0.25) is 0 Å². The van der Waals surface area contributed by atoms with Crippen molar-refractivity contribution >= 4 is 35.4 Å². The molecule has 158 valence electrons. The molecule has 2 saturated heterocycles. The Bertz CT molecular complexity index is 875. The molecule has 4 aliphatic rings. The van der Waals surface area contributed by atoms with E-state index >= 15 is 0 Å². The van der Waals surface area contributed by atoms with E-state index in [2.05, 4.69) is 0 Å². The summed E-state index contributed by atoms with van der Waals surface area (Å²) in [5, 5.41) is 1.15. The van der Waals surface area contributed by atoms with Gasteiger partial charge in [0.25, 0.3) is 23.6 Å². The summed E-state index contributed by atoms with van der Waals surface area (Å²) in [5.41, 5.74) is 6.02. The number of carbonyl (C=O) groups excluding carboxylic acids is 6. The van der Waals surface area contributed by atoms with Crippen molar-refractivity contribution in [3.05, 3.63) is 23.3 Å². The van der Waals surface area contributed by atoms with Gasteiger partial charge in [0.1, 0.15) is 0 Å². The average Bonchev–Trinajstić information content (AvgIpc) is 3.08. The maximum absolute atomic E-state index is 12.5. The second-order valence-electron chi connectivity index (χ2n) is 8.31. The van der Waals surface area contributed by atoms with Crippen molar-refractivity contribution in [2.75, 3.05) is 0 Å². The Morgan fingerprint density at radius 1 is 0.700 bits per heavy atom. The van der Waals surface area contributed by atoms with Crippen LogP contribution in [-0.4, -0.2) is 45.5 Å². The summed E-state index contributed by atoms with van der Waals surface area (Å²) >= 11 is 0. The van der Waals surface area contributed by atoms with Crippen molar-refractivity contribution in [3.8, 4) is 0 Å². The Labute approximate surface area is 172 Å². The number of nitrogens with one attached hydrogen (secondary N) is 2. The molecule has 0 aromatic carbocycles. The Kier molecular flexibility index (Phi) is 4.79. The van der Waals surface area contributed by atoms with Crippen molar-refractivity contribution in [2.45, 2.75) is 39.5 Å². The van der Waals surface area contributed by atoms with Gasteiger partial charge in [-0.1, -0.05) is 23.3 Å². The maximum atomic E-state index is 12.5. The zero-order valence-electron chi connectivity index (χ0n) is 16.6. The quantitative estimate of drug-likeness (QED) is 0.363. The van der Waals surface area contributed by atoms with E-state index in [1.807, 2.05) is 36.9 Å². The largest absolute Gasteiger partial charge is 0.330 e. The van der Waals surface area contributed by atoms with Crippen LogP contribution in [0.1, 0.15) is 39.5 Å². The first-order chi connectivity index (χ1) is 14.2. The Morgan fingerprint density at radius 3 is 1.40 bits per heavy atom. The molecule has 4 unspecified atom stereocenters. The SMILES string of the molecule is CC1=CCC2C(=O)N(NC(=O)C(=O)NN3C(=O)C4CC=C(C)CC4C3=O)C(=O)C2C1. The molecule has 30 heavy (non-hydrogen) atoms. The van der Waals surface area contributed by atoms with Crippen LogP contribution < -0.4 is 10.9 Å². The lowest BCUT2D eigenvalue weighted by atomic mass is 9.82. The van der Waals surface area contributed by atoms with Crippen LogP contribution in [0.4, 0.5) is 0 Å². The van der Waals surface area contributed by atoms with E-state index in [4.69, 9.17) is 0 Å². The highest BCUT2D eigenvalue weighted by atomic mass is 16.2. The molecule has 10 heteroatoms. The number of hydrogen-bond acceptors (Lipinski definition) is 6. The number of allylic oxidation sites excluding steroid dienone is 4. The van der Waals surface area contributed by atoms with Crippen molar-refractivity contribution in [1.82, 2.24) is 20.9 Å². The number of hydrazine groups is 2. The van der Waals surface area contributed by atoms with E-state index in [1.165, 1.54) is 0 Å². The van der Waals surface area contributed by atoms with Crippen LogP contribution in [0.15, 0.2) is 23.3 Å². The summed E-state index contributed by atoms with van der Waals surface area (Å²) in [6, 6.07) is 0. The van der Waals surface area contributed by atoms with Gasteiger partial charge < -0.3 is 0 Å². The number of imide groups is 2. The van der Waals surface area contributed by atoms with Gasteiger partial charge in [0.15, 0.2) is 0 Å². The number of amides is 6. The van der Waals surface area contributed by atoms with Crippen molar-refractivity contribution in [3.63, 3.8) is 0 Å². The molecule has 6 amide bonds. The summed E-state index contributed by atoms with van der Waals surface area (Å²) in [5.74, 6) is -7.14. The molecule has 0 spiro atoms. The fourth-order valence-corrected chi connectivity index (χ4v) is 4.60. The van der Waals surface area contributed by atoms with Crippen LogP contribution in [-0.2, 0) is 28.8 Å². The first-order valence-corrected chi connectivity index (χ1v) is 9.87. The van der Waals surface area contributed by atoms with E-state index in [0.717, 1.165) is 11.1 Å². The average molecular weight is 414 g/mol. The van der Waals surface area contributed by atoms with Crippen molar-refractivity contribution in [1.29, 1.82) is 0 Å². The highest BCUT2D eigenvalue weighted by Crippen LogP contribution is 2.38. The molecule has 2 aliphatic carbocycles. The molecular weight excluding hydrogens is 392 g/mol. The van der Waals surface area contributed by atoms with E-state index in [0.29, 0.717) is 35.7 Å². The standard InChI is InChI=1S/C20H22N4O6/c1-9-3-5-11-13(7-9)19(29)23(17(11)27)21-15(25)16(26)22-24-18(28)12-6-4-10(2)8-14(12)20(24)30/h3-4,11-14H,5-8H2,1-2H3,(H,21,25)(H,22,26). The Morgan fingerprint density at radius 2 is 1.03 bits per heavy atom. The zero-order valence-corrected chi connectivity index (χ0v) is 16.6. The van der Waals surface area contributed by atoms with E-state index in [-0.39, 0.29) is 0 Å². The molecular formula is C20H22N4O6. The minimum Gasteiger partial charge on any atom is -0.272 e. The first kappa shape index (κ1) is 20.0. The summed E-state index contributed by atoms with van der Waals surface area (Å²) in [6.07, 6.45) is 5.39. The normalized spacial score (nSPS) is 30.6. The maximum Gasteiger partial charge on any atom is 0.330 e. The summed E-state index contributed by atoms with van der Waals surface area (Å²) < 4.78 is 0. The fraction of sp³-hybridized carbons (Fsp3) is 0.500. The number of fused-ring (bicyclic) bond motifs is 2. The van der Waals surface area contributed by atoms with Gasteiger partial charge in [-0.2, -0.15) is 10.0 Å². The molecule has 0 aromatic rings. The van der Waals surface area contributed by atoms with Gasteiger partial charge in [-0.15, -0.1) is 0 Å². The van der Waals surface area contributed by atoms with Crippen LogP contribution >= 0.6 is 0 Å². The molecule has 2 fully saturated rings. The minimum atomic E-state index is -1.30. The smallest absolute Gasteiger partial charge is 0.272 e. The summed E-state index contributed by atoms with van der Waals surface area (Å²) in [6.45, 7) is 3.72. The van der Waals surface area contributed by atoms with Gasteiger partial charge in [0, 0.05) is 0 Å². The van der Waals surface area contributed by atoms with Crippen LogP contribution in [0.3, 0.4) is 0 Å². The summed E-state index contributed by atoms with van der Waals surface area (Å²) in [7, 11) is 0. The van der Waals surface area contributed by atoms with Crippen LogP contribution in [0, 0.1) is 23.7 Å². The zero-order chi connectivity index (χ0) is 21.7. The predicted molar refractivity (Wildman–Crippen MR) is 99.9 cm³/mol. The molecule has 4 atom stereocenters. The molecule has 0 aromatic heterocycles. The van der Waals surface area contributed by atoms with Gasteiger partial charge in [0.2, 0.25) is 0 Å². The Balaban J connectivity index is 1.40. The molecule has 2 heterocycles. The second kappa shape index (κ2) is 7.19. The number of carbonyl (C=O) groups is 6. The van der Waals surface area contributed by atoms with Gasteiger partial charge in [-0.25, -0.2) is 10.9 Å². The summed E-state index contributed by atoms with van der Waals surface area (Å²) in [4.78, 5) is 74.5. The molecule has 4 rings (SSSR count). The van der Waals surface area contributed by atoms with Crippen LogP contribution in [0.5, 0.6) is 0 Å². The topological polar surface area (TPSA) is 133 Å². The van der Waals surface area contributed by atoms with Gasteiger partial charge in [-0.3, -0.25) is 28.8 Å². The third-order valence-corrected chi connectivity index (χ3v) is 6.28. The fourth-order valence-electron chi connectivity index (χ4n) is 4.60. The number of rotatable bonds is 2. The van der Waals surface area contributed by atoms with E-state index in [9.17, 15) is 28.8 Å². The minimum absolute atomic E-state index is 0.395. The lowest BCUT2D eigenvalue weighted by molar-refractivity contribution is -0.156. The van der Waals surface area contributed by atoms with Crippen molar-refractivity contribution < 1.29 is 28.8 Å². The Hall–Kier alpha value is -3.30. The molecule has 0 saturated carbocycles.